The molecule has 46 heavy (non-hydrogen) atoms. The lowest BCUT2D eigenvalue weighted by molar-refractivity contribution is -0.137. The minimum Gasteiger partial charge on any atom is -0.504 e. The van der Waals surface area contributed by atoms with Gasteiger partial charge in [0.05, 0.1) is 23.0 Å². The highest BCUT2D eigenvalue weighted by molar-refractivity contribution is 7.87. The highest BCUT2D eigenvalue weighted by Crippen LogP contribution is 2.38. The second-order valence-electron chi connectivity index (χ2n) is 12.3. The van der Waals surface area contributed by atoms with E-state index in [9.17, 15) is 34.5 Å². The summed E-state index contributed by atoms with van der Waals surface area (Å²) in [6.07, 6.45) is 5.62. The molecule has 5 heterocycles. The van der Waals surface area contributed by atoms with Crippen molar-refractivity contribution in [3.63, 3.8) is 0 Å². The maximum atomic E-state index is 12.7. The van der Waals surface area contributed by atoms with Gasteiger partial charge in [-0.05, 0) is 92.0 Å². The zero-order valence-electron chi connectivity index (χ0n) is 26.2. The number of thiol groups is 2. The Hall–Kier alpha value is -3.84. The van der Waals surface area contributed by atoms with Gasteiger partial charge in [0.2, 0.25) is 5.91 Å². The van der Waals surface area contributed by atoms with Crippen molar-refractivity contribution in [2.45, 2.75) is 70.7 Å². The summed E-state index contributed by atoms with van der Waals surface area (Å²) in [5, 5.41) is 40.2. The van der Waals surface area contributed by atoms with Crippen LogP contribution >= 0.6 is 12.6 Å². The van der Waals surface area contributed by atoms with Crippen LogP contribution in [0.15, 0.2) is 39.8 Å². The van der Waals surface area contributed by atoms with E-state index >= 15 is 0 Å². The lowest BCUT2D eigenvalue weighted by Crippen LogP contribution is -2.36. The number of aromatic amines is 1. The average molecular weight is 670 g/mol. The first kappa shape index (κ1) is 33.5. The van der Waals surface area contributed by atoms with Crippen LogP contribution < -0.4 is 16.0 Å². The number of hydrogen-bond donors (Lipinski definition) is 8. The number of allylic oxidation sites excluding steroid dienone is 2. The molecule has 7 N–H and O–H groups in total. The average Bonchev–Trinajstić information content (AvgIpc) is 3.55. The van der Waals surface area contributed by atoms with Crippen molar-refractivity contribution in [2.24, 2.45) is 11.8 Å². The summed E-state index contributed by atoms with van der Waals surface area (Å²) in [6.45, 7) is 7.52. The van der Waals surface area contributed by atoms with Gasteiger partial charge in [-0.3, -0.25) is 14.4 Å². The Bertz CT molecular complexity index is 1650. The Morgan fingerprint density at radius 3 is 2.39 bits per heavy atom. The number of H-pyrrole nitrogens is 1. The first-order chi connectivity index (χ1) is 21.8. The van der Waals surface area contributed by atoms with Crippen molar-refractivity contribution < 1.29 is 34.5 Å². The SMILES string of the molecule is CC1=C(CCC(=O)O)/C(=C\c2[nH]c(/C(O)=C3\NC(=O)[C@H](C)[C@H]3CCS)c(C)c2/C=C\C(=O)O)NC1C[C@H]1NC(=O)C([C@H]2C[SH+]2)=C1C. The molecule has 2 fully saturated rings. The van der Waals surface area contributed by atoms with Gasteiger partial charge >= 0.3 is 11.9 Å². The normalized spacial score (nSPS) is 27.9. The Morgan fingerprint density at radius 2 is 1.76 bits per heavy atom. The lowest BCUT2D eigenvalue weighted by atomic mass is 9.91. The zero-order chi connectivity index (χ0) is 33.4. The predicted molar refractivity (Wildman–Crippen MR) is 182 cm³/mol. The summed E-state index contributed by atoms with van der Waals surface area (Å²) >= 11 is 5.61. The Labute approximate surface area is 277 Å². The summed E-state index contributed by atoms with van der Waals surface area (Å²) in [4.78, 5) is 51.6. The Morgan fingerprint density at radius 1 is 1.07 bits per heavy atom. The molecule has 11 nitrogen and oxygen atoms in total. The van der Waals surface area contributed by atoms with Crippen molar-refractivity contribution in [1.29, 1.82) is 0 Å². The standard InChI is InChI=1S/C33H40N4O7S2/c1-14-18(5-7-26(38)39)23(34-21(14)11-22-17(4)28(25-13-46-25)33(44)36-22)12-24-19(6-8-27(40)41)15(2)29(35-24)31(42)30-20(9-10-45)16(3)32(43)37-30/h6,8,12,16,20-22,25,34-35,42,45H,5,7,9-11,13H2,1-4H3,(H,36,44)(H,37,43)(H,38,39)(H,40,41)/p+1/b8-6-,23-12+,31-30+/t16-,20-,21?,22-,25-/m1/s1. The maximum absolute atomic E-state index is 12.7. The highest BCUT2D eigenvalue weighted by Gasteiger charge is 2.47. The van der Waals surface area contributed by atoms with E-state index < -0.39 is 11.9 Å². The molecule has 0 radical (unpaired) electrons. The topological polar surface area (TPSA) is 181 Å². The largest absolute Gasteiger partial charge is 0.504 e. The third-order valence-electron chi connectivity index (χ3n) is 9.50. The molecule has 4 aliphatic rings. The fourth-order valence-corrected chi connectivity index (χ4v) is 7.81. The first-order valence-electron chi connectivity index (χ1n) is 15.4. The van der Waals surface area contributed by atoms with Crippen LogP contribution in [-0.4, -0.2) is 72.9 Å². The van der Waals surface area contributed by atoms with E-state index in [2.05, 4.69) is 33.6 Å². The van der Waals surface area contributed by atoms with Gasteiger partial charge in [-0.2, -0.15) is 12.6 Å². The van der Waals surface area contributed by atoms with Crippen LogP contribution in [0.25, 0.3) is 17.9 Å². The maximum Gasteiger partial charge on any atom is 0.328 e. The lowest BCUT2D eigenvalue weighted by Gasteiger charge is -2.20. The first-order valence-corrected chi connectivity index (χ1v) is 17.2. The van der Waals surface area contributed by atoms with Gasteiger partial charge in [-0.1, -0.05) is 6.92 Å². The number of nitrogens with one attached hydrogen (secondary N) is 4. The zero-order valence-corrected chi connectivity index (χ0v) is 28.0. The minimum absolute atomic E-state index is 0.0124. The van der Waals surface area contributed by atoms with Gasteiger partial charge in [-0.15, -0.1) is 0 Å². The van der Waals surface area contributed by atoms with E-state index in [-0.39, 0.29) is 54.3 Å². The highest BCUT2D eigenvalue weighted by atomic mass is 32.2. The molecule has 5 rings (SSSR count). The molecule has 0 spiro atoms. The second-order valence-corrected chi connectivity index (χ2v) is 14.1. The number of hydrogen-bond acceptors (Lipinski definition) is 7. The van der Waals surface area contributed by atoms with Crippen LogP contribution in [0.5, 0.6) is 0 Å². The van der Waals surface area contributed by atoms with Gasteiger partial charge < -0.3 is 36.3 Å². The molecule has 4 aliphatic heterocycles. The van der Waals surface area contributed by atoms with E-state index in [0.29, 0.717) is 57.8 Å². The molecule has 5 atom stereocenters. The molecule has 1 aromatic heterocycles. The summed E-state index contributed by atoms with van der Waals surface area (Å²) < 4.78 is 0. The number of aromatic nitrogens is 1. The van der Waals surface area contributed by atoms with Gasteiger partial charge in [0.15, 0.2) is 16.8 Å². The van der Waals surface area contributed by atoms with Crippen LogP contribution in [0.4, 0.5) is 0 Å². The molecule has 2 amide bonds. The van der Waals surface area contributed by atoms with Crippen molar-refractivity contribution in [2.75, 3.05) is 11.5 Å². The van der Waals surface area contributed by atoms with E-state index in [1.165, 1.54) is 17.8 Å². The monoisotopic (exact) mass is 669 g/mol. The van der Waals surface area contributed by atoms with Crippen LogP contribution in [0.3, 0.4) is 0 Å². The van der Waals surface area contributed by atoms with Crippen molar-refractivity contribution in [3.8, 4) is 0 Å². The number of carbonyl (C=O) groups excluding carboxylic acids is 2. The molecule has 1 unspecified atom stereocenters. The van der Waals surface area contributed by atoms with Crippen LogP contribution in [0.1, 0.15) is 69.0 Å². The van der Waals surface area contributed by atoms with E-state index in [1.807, 2.05) is 19.9 Å². The number of aliphatic hydroxyl groups excluding tert-OH is 1. The minimum atomic E-state index is -1.14. The third kappa shape index (κ3) is 6.66. The fraction of sp³-hybridized carbons (Fsp3) is 0.455. The molecule has 0 aromatic carbocycles. The van der Waals surface area contributed by atoms with Crippen molar-refractivity contribution in [1.82, 2.24) is 20.9 Å². The molecule has 2 saturated heterocycles. The molecule has 0 aliphatic carbocycles. The predicted octanol–water partition coefficient (Wildman–Crippen LogP) is 3.25. The van der Waals surface area contributed by atoms with Gasteiger partial charge in [0.1, 0.15) is 0 Å². The molecule has 1 aromatic rings. The number of amides is 2. The Kier molecular flexibility index (Phi) is 9.83. The summed E-state index contributed by atoms with van der Waals surface area (Å²) in [6, 6.07) is -0.315. The second kappa shape index (κ2) is 13.5. The molecule has 0 saturated carbocycles. The number of carbonyl (C=O) groups is 4. The smallest absolute Gasteiger partial charge is 0.328 e. The van der Waals surface area contributed by atoms with Crippen LogP contribution in [0.2, 0.25) is 0 Å². The number of aliphatic hydroxyl groups is 1. The van der Waals surface area contributed by atoms with E-state index in [1.54, 1.807) is 13.8 Å². The molecular formula is C33H41N4O7S2+. The molecule has 0 bridgehead atoms. The number of aliphatic carboxylic acids is 2. The van der Waals surface area contributed by atoms with Gasteiger partial charge in [0, 0.05) is 47.3 Å². The molecular weight excluding hydrogens is 629 g/mol. The number of rotatable bonds is 12. The van der Waals surface area contributed by atoms with Gasteiger partial charge in [-0.25, -0.2) is 4.79 Å². The summed E-state index contributed by atoms with van der Waals surface area (Å²) in [7, 11) is 0. The fourth-order valence-electron chi connectivity index (χ4n) is 6.74. The van der Waals surface area contributed by atoms with Gasteiger partial charge in [0.25, 0.3) is 5.91 Å². The molecule has 246 valence electrons. The van der Waals surface area contributed by atoms with Crippen LogP contribution in [-0.2, 0) is 30.9 Å². The summed E-state index contributed by atoms with van der Waals surface area (Å²) in [5.74, 6) is -1.48. The summed E-state index contributed by atoms with van der Waals surface area (Å²) in [5.41, 5.74) is 6.76. The third-order valence-corrected chi connectivity index (χ3v) is 10.7. The number of carboxylic acid groups (broad SMARTS) is 2. The van der Waals surface area contributed by atoms with E-state index in [4.69, 9.17) is 0 Å². The van der Waals surface area contributed by atoms with Crippen molar-refractivity contribution in [3.05, 3.63) is 62.3 Å². The molecule has 13 heteroatoms. The van der Waals surface area contributed by atoms with Crippen molar-refractivity contribution >= 4 is 66.1 Å². The van der Waals surface area contributed by atoms with E-state index in [0.717, 1.165) is 34.1 Å². The number of carboxylic acids is 2. The Balaban J connectivity index is 1.54. The van der Waals surface area contributed by atoms with Crippen LogP contribution in [0, 0.1) is 18.8 Å². The quantitative estimate of drug-likeness (QED) is 0.0549.